The zero-order valence-corrected chi connectivity index (χ0v) is 11.1. The van der Waals surface area contributed by atoms with Gasteiger partial charge in [0.15, 0.2) is 5.69 Å². The first kappa shape index (κ1) is 11.6. The van der Waals surface area contributed by atoms with Gasteiger partial charge in [0.05, 0.1) is 11.2 Å². The monoisotopic (exact) mass is 265 g/mol. The standard InChI is InChI=1S/C15H15N5/c16-7-13-15(11-3-1-2-4-12(11)18-19-13)20-6-5-10-8-17-9-14(10)20/h1-4,10,14,17H,5-6,8-9H2/t10-,14+/m0/s1. The summed E-state index contributed by atoms with van der Waals surface area (Å²) in [7, 11) is 0. The maximum atomic E-state index is 9.38. The van der Waals surface area contributed by atoms with Gasteiger partial charge >= 0.3 is 0 Å². The molecule has 2 aliphatic heterocycles. The molecule has 2 atom stereocenters. The van der Waals surface area contributed by atoms with Crippen molar-refractivity contribution < 1.29 is 0 Å². The Morgan fingerprint density at radius 3 is 3.05 bits per heavy atom. The molecule has 4 rings (SSSR count). The topological polar surface area (TPSA) is 64.8 Å². The highest BCUT2D eigenvalue weighted by Gasteiger charge is 2.39. The van der Waals surface area contributed by atoms with Crippen LogP contribution in [0, 0.1) is 17.2 Å². The van der Waals surface area contributed by atoms with Crippen LogP contribution in [0.2, 0.25) is 0 Å². The molecule has 2 aromatic rings. The molecule has 20 heavy (non-hydrogen) atoms. The predicted octanol–water partition coefficient (Wildman–Crippen LogP) is 1.30. The molecule has 5 nitrogen and oxygen atoms in total. The lowest BCUT2D eigenvalue weighted by Crippen LogP contribution is -2.35. The fraction of sp³-hybridized carbons (Fsp3) is 0.400. The summed E-state index contributed by atoms with van der Waals surface area (Å²) in [6.07, 6.45) is 1.18. The molecule has 0 bridgehead atoms. The summed E-state index contributed by atoms with van der Waals surface area (Å²) in [5.41, 5.74) is 2.27. The molecule has 1 aromatic carbocycles. The second-order valence-electron chi connectivity index (χ2n) is 5.49. The first-order valence-corrected chi connectivity index (χ1v) is 7.01. The molecule has 0 amide bonds. The van der Waals surface area contributed by atoms with E-state index in [2.05, 4.69) is 26.5 Å². The Hall–Kier alpha value is -2.19. The summed E-state index contributed by atoms with van der Waals surface area (Å²) in [5, 5.41) is 22.1. The van der Waals surface area contributed by atoms with E-state index in [1.54, 1.807) is 0 Å². The predicted molar refractivity (Wildman–Crippen MR) is 76.4 cm³/mol. The van der Waals surface area contributed by atoms with Crippen LogP contribution in [0.15, 0.2) is 24.3 Å². The van der Waals surface area contributed by atoms with Gasteiger partial charge < -0.3 is 10.2 Å². The molecule has 2 aliphatic rings. The lowest BCUT2D eigenvalue weighted by molar-refractivity contribution is 0.578. The van der Waals surface area contributed by atoms with Gasteiger partial charge in [-0.25, -0.2) is 0 Å². The summed E-state index contributed by atoms with van der Waals surface area (Å²) in [5.74, 6) is 0.688. The maximum absolute atomic E-state index is 9.38. The van der Waals surface area contributed by atoms with Crippen molar-refractivity contribution in [1.29, 1.82) is 5.26 Å². The Kier molecular flexibility index (Phi) is 2.57. The molecule has 0 saturated carbocycles. The average molecular weight is 265 g/mol. The van der Waals surface area contributed by atoms with Gasteiger partial charge in [0, 0.05) is 31.1 Å². The SMILES string of the molecule is N#Cc1nnc2ccccc2c1N1CC[C@H]2CNC[C@H]21. The highest BCUT2D eigenvalue weighted by atomic mass is 15.3. The molecule has 2 fully saturated rings. The number of aromatic nitrogens is 2. The zero-order valence-electron chi connectivity index (χ0n) is 11.1. The van der Waals surface area contributed by atoms with E-state index in [4.69, 9.17) is 0 Å². The van der Waals surface area contributed by atoms with Crippen molar-refractivity contribution in [2.45, 2.75) is 12.5 Å². The maximum Gasteiger partial charge on any atom is 0.187 e. The first-order valence-electron chi connectivity index (χ1n) is 7.01. The van der Waals surface area contributed by atoms with Crippen molar-refractivity contribution in [3.63, 3.8) is 0 Å². The molecular weight excluding hydrogens is 250 g/mol. The second-order valence-corrected chi connectivity index (χ2v) is 5.49. The molecule has 1 aromatic heterocycles. The Balaban J connectivity index is 1.92. The molecule has 0 radical (unpaired) electrons. The third-order valence-corrected chi connectivity index (χ3v) is 4.48. The van der Waals surface area contributed by atoms with Crippen LogP contribution in [-0.2, 0) is 0 Å². The number of fused-ring (bicyclic) bond motifs is 2. The number of hydrogen-bond donors (Lipinski definition) is 1. The third kappa shape index (κ3) is 1.58. The molecule has 0 unspecified atom stereocenters. The van der Waals surface area contributed by atoms with Crippen LogP contribution in [0.5, 0.6) is 0 Å². The minimum Gasteiger partial charge on any atom is -0.364 e. The quantitative estimate of drug-likeness (QED) is 0.842. The van der Waals surface area contributed by atoms with Gasteiger partial charge in [-0.05, 0) is 18.4 Å². The van der Waals surface area contributed by atoms with Crippen molar-refractivity contribution in [2.75, 3.05) is 24.5 Å². The second kappa shape index (κ2) is 4.43. The number of hydrogen-bond acceptors (Lipinski definition) is 5. The molecule has 100 valence electrons. The lowest BCUT2D eigenvalue weighted by atomic mass is 10.0. The highest BCUT2D eigenvalue weighted by molar-refractivity contribution is 5.93. The van der Waals surface area contributed by atoms with Crippen LogP contribution in [-0.4, -0.2) is 35.9 Å². The van der Waals surface area contributed by atoms with Gasteiger partial charge in [-0.15, -0.1) is 10.2 Å². The normalized spacial score (nSPS) is 24.9. The Labute approximate surface area is 117 Å². The molecular formula is C15H15N5. The van der Waals surface area contributed by atoms with Gasteiger partial charge in [-0.1, -0.05) is 18.2 Å². The van der Waals surface area contributed by atoms with E-state index in [1.165, 1.54) is 6.42 Å². The molecule has 5 heteroatoms. The van der Waals surface area contributed by atoms with E-state index < -0.39 is 0 Å². The average Bonchev–Trinajstić information content (AvgIpc) is 3.09. The Morgan fingerprint density at radius 2 is 2.15 bits per heavy atom. The van der Waals surface area contributed by atoms with E-state index in [9.17, 15) is 5.26 Å². The van der Waals surface area contributed by atoms with E-state index in [0.29, 0.717) is 17.7 Å². The van der Waals surface area contributed by atoms with Crippen LogP contribution in [0.25, 0.3) is 10.9 Å². The fourth-order valence-electron chi connectivity index (χ4n) is 3.53. The number of nitriles is 1. The van der Waals surface area contributed by atoms with Crippen LogP contribution < -0.4 is 10.2 Å². The van der Waals surface area contributed by atoms with E-state index >= 15 is 0 Å². The number of nitrogens with one attached hydrogen (secondary N) is 1. The summed E-state index contributed by atoms with van der Waals surface area (Å²) in [6.45, 7) is 3.08. The first-order chi connectivity index (χ1) is 9.88. The minimum absolute atomic E-state index is 0.441. The molecule has 1 N–H and O–H groups in total. The highest BCUT2D eigenvalue weighted by Crippen LogP contribution is 2.36. The van der Waals surface area contributed by atoms with Gasteiger partial charge in [0.25, 0.3) is 0 Å². The number of benzene rings is 1. The number of anilines is 1. The van der Waals surface area contributed by atoms with Crippen LogP contribution in [0.4, 0.5) is 5.69 Å². The van der Waals surface area contributed by atoms with Crippen molar-refractivity contribution in [1.82, 2.24) is 15.5 Å². The van der Waals surface area contributed by atoms with E-state index in [0.717, 1.165) is 36.2 Å². The third-order valence-electron chi connectivity index (χ3n) is 4.48. The number of rotatable bonds is 1. The summed E-state index contributed by atoms with van der Waals surface area (Å²) in [6, 6.07) is 10.6. The van der Waals surface area contributed by atoms with Gasteiger partial charge in [0.2, 0.25) is 0 Å². The summed E-state index contributed by atoms with van der Waals surface area (Å²) >= 11 is 0. The van der Waals surface area contributed by atoms with Crippen molar-refractivity contribution in [2.24, 2.45) is 5.92 Å². The van der Waals surface area contributed by atoms with Crippen LogP contribution in [0.3, 0.4) is 0 Å². The fourth-order valence-corrected chi connectivity index (χ4v) is 3.53. The van der Waals surface area contributed by atoms with Crippen LogP contribution in [0.1, 0.15) is 12.1 Å². The molecule has 0 aliphatic carbocycles. The zero-order chi connectivity index (χ0) is 13.5. The smallest absolute Gasteiger partial charge is 0.187 e. The molecule has 0 spiro atoms. The minimum atomic E-state index is 0.441. The Morgan fingerprint density at radius 1 is 1.25 bits per heavy atom. The molecule has 2 saturated heterocycles. The largest absolute Gasteiger partial charge is 0.364 e. The van der Waals surface area contributed by atoms with Gasteiger partial charge in [0.1, 0.15) is 6.07 Å². The molecule has 3 heterocycles. The summed E-state index contributed by atoms with van der Waals surface area (Å²) in [4.78, 5) is 2.36. The van der Waals surface area contributed by atoms with E-state index in [-0.39, 0.29) is 0 Å². The van der Waals surface area contributed by atoms with Crippen molar-refractivity contribution in [3.8, 4) is 6.07 Å². The van der Waals surface area contributed by atoms with Crippen molar-refractivity contribution >= 4 is 16.6 Å². The summed E-state index contributed by atoms with van der Waals surface area (Å²) < 4.78 is 0. The van der Waals surface area contributed by atoms with E-state index in [1.807, 2.05) is 24.3 Å². The van der Waals surface area contributed by atoms with Gasteiger partial charge in [-0.3, -0.25) is 0 Å². The number of nitrogens with zero attached hydrogens (tertiary/aromatic N) is 4. The van der Waals surface area contributed by atoms with Gasteiger partial charge in [-0.2, -0.15) is 5.26 Å². The van der Waals surface area contributed by atoms with Crippen LogP contribution >= 0.6 is 0 Å². The lowest BCUT2D eigenvalue weighted by Gasteiger charge is -2.27. The van der Waals surface area contributed by atoms with Crippen molar-refractivity contribution in [3.05, 3.63) is 30.0 Å². The Bertz CT molecular complexity index is 705.